The first-order valence-corrected chi connectivity index (χ1v) is 6.16. The molecular formula is C14H14ClNO2. The molecule has 0 aliphatic rings. The van der Waals surface area contributed by atoms with Crippen molar-refractivity contribution in [3.05, 3.63) is 39.5 Å². The van der Waals surface area contributed by atoms with Crippen LogP contribution >= 0.6 is 11.6 Å². The first-order valence-electron chi connectivity index (χ1n) is 5.79. The summed E-state index contributed by atoms with van der Waals surface area (Å²) in [7, 11) is 0. The Morgan fingerprint density at radius 2 is 2.06 bits per heavy atom. The molecule has 1 aromatic carbocycles. The predicted molar refractivity (Wildman–Crippen MR) is 72.6 cm³/mol. The lowest BCUT2D eigenvalue weighted by atomic mass is 9.97. The van der Waals surface area contributed by atoms with Gasteiger partial charge in [-0.05, 0) is 37.0 Å². The molecule has 0 aliphatic heterocycles. The molecule has 0 bridgehead atoms. The van der Waals surface area contributed by atoms with Crippen LogP contribution in [0.4, 0.5) is 0 Å². The van der Waals surface area contributed by atoms with Gasteiger partial charge in [0.1, 0.15) is 10.7 Å². The summed E-state index contributed by atoms with van der Waals surface area (Å²) >= 11 is 6.01. The first-order chi connectivity index (χ1) is 8.47. The van der Waals surface area contributed by atoms with Crippen LogP contribution in [0.3, 0.4) is 0 Å². The Morgan fingerprint density at radius 1 is 1.39 bits per heavy atom. The summed E-state index contributed by atoms with van der Waals surface area (Å²) in [4.78, 5) is 15.5. The molecule has 0 unspecified atom stereocenters. The van der Waals surface area contributed by atoms with Gasteiger partial charge in [0.05, 0.1) is 5.52 Å². The maximum Gasteiger partial charge on any atom is 0.339 e. The van der Waals surface area contributed by atoms with Gasteiger partial charge in [0.15, 0.2) is 0 Å². The highest BCUT2D eigenvalue weighted by atomic mass is 35.5. The summed E-state index contributed by atoms with van der Waals surface area (Å²) in [6.07, 6.45) is 0.614. The number of halogens is 1. The summed E-state index contributed by atoms with van der Waals surface area (Å²) in [6, 6.07) is 3.91. The normalized spacial score (nSPS) is 10.9. The van der Waals surface area contributed by atoms with Crippen LogP contribution in [0.25, 0.3) is 10.9 Å². The Labute approximate surface area is 110 Å². The summed E-state index contributed by atoms with van der Waals surface area (Å²) in [5.74, 6) is -1.02. The van der Waals surface area contributed by atoms with E-state index >= 15 is 0 Å². The largest absolute Gasteiger partial charge is 0.478 e. The molecule has 2 rings (SSSR count). The topological polar surface area (TPSA) is 50.2 Å². The van der Waals surface area contributed by atoms with Crippen LogP contribution in [-0.4, -0.2) is 16.1 Å². The Kier molecular flexibility index (Phi) is 3.26. The number of carboxylic acids is 1. The number of carboxylic acid groups (broad SMARTS) is 1. The average molecular weight is 264 g/mol. The van der Waals surface area contributed by atoms with Gasteiger partial charge in [0.25, 0.3) is 0 Å². The molecule has 0 radical (unpaired) electrons. The Hall–Kier alpha value is -1.61. The van der Waals surface area contributed by atoms with Gasteiger partial charge < -0.3 is 5.11 Å². The molecule has 2 aromatic rings. The molecule has 0 saturated carbocycles. The lowest BCUT2D eigenvalue weighted by molar-refractivity contribution is 0.0695. The molecule has 0 fully saturated rings. The van der Waals surface area contributed by atoms with Crippen molar-refractivity contribution in [1.29, 1.82) is 0 Å². The summed E-state index contributed by atoms with van der Waals surface area (Å²) in [5.41, 5.74) is 3.83. The van der Waals surface area contributed by atoms with E-state index in [0.717, 1.165) is 27.6 Å². The third-order valence-corrected chi connectivity index (χ3v) is 3.59. The maximum atomic E-state index is 11.3. The van der Waals surface area contributed by atoms with Gasteiger partial charge in [-0.2, -0.15) is 0 Å². The maximum absolute atomic E-state index is 11.3. The first kappa shape index (κ1) is 12.8. The molecule has 1 heterocycles. The number of hydrogen-bond donors (Lipinski definition) is 1. The van der Waals surface area contributed by atoms with E-state index in [-0.39, 0.29) is 10.7 Å². The zero-order valence-electron chi connectivity index (χ0n) is 10.5. The van der Waals surface area contributed by atoms with Crippen LogP contribution in [-0.2, 0) is 6.42 Å². The van der Waals surface area contributed by atoms with E-state index in [1.807, 2.05) is 32.9 Å². The number of hydrogen-bond acceptors (Lipinski definition) is 2. The Bertz CT molecular complexity index is 650. The fraction of sp³-hybridized carbons (Fsp3) is 0.286. The van der Waals surface area contributed by atoms with Crippen molar-refractivity contribution in [3.63, 3.8) is 0 Å². The molecule has 18 heavy (non-hydrogen) atoms. The monoisotopic (exact) mass is 263 g/mol. The summed E-state index contributed by atoms with van der Waals surface area (Å²) < 4.78 is 0. The van der Waals surface area contributed by atoms with Crippen LogP contribution in [0.2, 0.25) is 5.15 Å². The number of aryl methyl sites for hydroxylation is 3. The van der Waals surface area contributed by atoms with E-state index < -0.39 is 5.97 Å². The van der Waals surface area contributed by atoms with Crippen LogP contribution in [0.15, 0.2) is 12.1 Å². The smallest absolute Gasteiger partial charge is 0.339 e. The van der Waals surface area contributed by atoms with E-state index in [9.17, 15) is 9.90 Å². The van der Waals surface area contributed by atoms with Gasteiger partial charge >= 0.3 is 5.97 Å². The highest BCUT2D eigenvalue weighted by Gasteiger charge is 2.19. The third kappa shape index (κ3) is 1.85. The number of benzene rings is 1. The number of carbonyl (C=O) groups is 1. The minimum atomic E-state index is -1.02. The minimum Gasteiger partial charge on any atom is -0.478 e. The Balaban J connectivity index is 2.97. The van der Waals surface area contributed by atoms with Crippen molar-refractivity contribution in [2.45, 2.75) is 27.2 Å². The highest BCUT2D eigenvalue weighted by molar-refractivity contribution is 6.33. The molecule has 1 N–H and O–H groups in total. The van der Waals surface area contributed by atoms with Gasteiger partial charge in [0, 0.05) is 5.39 Å². The van der Waals surface area contributed by atoms with Crippen molar-refractivity contribution in [2.24, 2.45) is 0 Å². The molecule has 1 aromatic heterocycles. The second kappa shape index (κ2) is 4.58. The van der Waals surface area contributed by atoms with Gasteiger partial charge in [-0.15, -0.1) is 0 Å². The second-order valence-electron chi connectivity index (χ2n) is 4.32. The van der Waals surface area contributed by atoms with Crippen molar-refractivity contribution >= 4 is 28.5 Å². The number of fused-ring (bicyclic) bond motifs is 1. The van der Waals surface area contributed by atoms with E-state index in [1.54, 1.807) is 0 Å². The second-order valence-corrected chi connectivity index (χ2v) is 4.68. The SMILES string of the molecule is CCc1c(C(=O)O)c(Cl)nc2c(C)c(C)ccc12. The van der Waals surface area contributed by atoms with Gasteiger partial charge in [0.2, 0.25) is 0 Å². The van der Waals surface area contributed by atoms with Crippen molar-refractivity contribution in [1.82, 2.24) is 4.98 Å². The fourth-order valence-electron chi connectivity index (χ4n) is 2.19. The lowest BCUT2D eigenvalue weighted by Gasteiger charge is -2.12. The van der Waals surface area contributed by atoms with E-state index in [1.165, 1.54) is 0 Å². The summed E-state index contributed by atoms with van der Waals surface area (Å²) in [6.45, 7) is 5.90. The van der Waals surface area contributed by atoms with Crippen molar-refractivity contribution < 1.29 is 9.90 Å². The van der Waals surface area contributed by atoms with Crippen LogP contribution in [0, 0.1) is 13.8 Å². The molecule has 0 saturated heterocycles. The summed E-state index contributed by atoms with van der Waals surface area (Å²) in [5, 5.41) is 10.2. The Morgan fingerprint density at radius 3 is 2.61 bits per heavy atom. The van der Waals surface area contributed by atoms with E-state index in [2.05, 4.69) is 4.98 Å². The standard InChI is InChI=1S/C14H14ClNO2/c1-4-9-10-6-5-7(2)8(3)12(10)16-13(15)11(9)14(17)18/h5-6H,4H2,1-3H3,(H,17,18). The molecule has 94 valence electrons. The number of aromatic carboxylic acids is 1. The lowest BCUT2D eigenvalue weighted by Crippen LogP contribution is -2.06. The average Bonchev–Trinajstić information content (AvgIpc) is 2.32. The number of pyridine rings is 1. The quantitative estimate of drug-likeness (QED) is 0.839. The molecule has 0 atom stereocenters. The predicted octanol–water partition coefficient (Wildman–Crippen LogP) is 3.77. The molecule has 0 amide bonds. The molecule has 3 nitrogen and oxygen atoms in total. The van der Waals surface area contributed by atoms with Crippen molar-refractivity contribution in [3.8, 4) is 0 Å². The van der Waals surface area contributed by atoms with Crippen LogP contribution in [0.5, 0.6) is 0 Å². The molecule has 0 aliphatic carbocycles. The zero-order valence-corrected chi connectivity index (χ0v) is 11.3. The molecule has 4 heteroatoms. The number of aromatic nitrogens is 1. The number of rotatable bonds is 2. The van der Waals surface area contributed by atoms with E-state index in [0.29, 0.717) is 6.42 Å². The van der Waals surface area contributed by atoms with Gasteiger partial charge in [-0.1, -0.05) is 30.7 Å². The highest BCUT2D eigenvalue weighted by Crippen LogP contribution is 2.30. The zero-order chi connectivity index (χ0) is 13.4. The van der Waals surface area contributed by atoms with E-state index in [4.69, 9.17) is 11.6 Å². The molecular weight excluding hydrogens is 250 g/mol. The van der Waals surface area contributed by atoms with Gasteiger partial charge in [-0.3, -0.25) is 0 Å². The third-order valence-electron chi connectivity index (χ3n) is 3.31. The minimum absolute atomic E-state index is 0.0700. The molecule has 0 spiro atoms. The van der Waals surface area contributed by atoms with Crippen molar-refractivity contribution in [2.75, 3.05) is 0 Å². The fourth-order valence-corrected chi connectivity index (χ4v) is 2.47. The van der Waals surface area contributed by atoms with Crippen LogP contribution in [0.1, 0.15) is 34.0 Å². The van der Waals surface area contributed by atoms with Crippen LogP contribution < -0.4 is 0 Å². The van der Waals surface area contributed by atoms with Gasteiger partial charge in [-0.25, -0.2) is 9.78 Å². The number of nitrogens with zero attached hydrogens (tertiary/aromatic N) is 1.